The number of hydrogen-bond donors (Lipinski definition) is 1. The van der Waals surface area contributed by atoms with Gasteiger partial charge in [0.1, 0.15) is 5.82 Å². The third kappa shape index (κ3) is 2.32. The SMILES string of the molecule is CN(C)c1ccc(NC(=O)C2CCC2)nc1. The highest BCUT2D eigenvalue weighted by atomic mass is 16.2. The van der Waals surface area contributed by atoms with Gasteiger partial charge in [0.2, 0.25) is 5.91 Å². The van der Waals surface area contributed by atoms with Crippen LogP contribution in [0.1, 0.15) is 19.3 Å². The van der Waals surface area contributed by atoms with Gasteiger partial charge in [0.15, 0.2) is 0 Å². The van der Waals surface area contributed by atoms with Crippen LogP contribution in [0.2, 0.25) is 0 Å². The van der Waals surface area contributed by atoms with Crippen molar-refractivity contribution in [2.45, 2.75) is 19.3 Å². The Morgan fingerprint density at radius 2 is 2.19 bits per heavy atom. The lowest BCUT2D eigenvalue weighted by Gasteiger charge is -2.23. The second kappa shape index (κ2) is 4.51. The number of hydrogen-bond acceptors (Lipinski definition) is 3. The van der Waals surface area contributed by atoms with Gasteiger partial charge in [0, 0.05) is 20.0 Å². The minimum Gasteiger partial charge on any atom is -0.376 e. The minimum atomic E-state index is 0.108. The maximum absolute atomic E-state index is 11.7. The summed E-state index contributed by atoms with van der Waals surface area (Å²) in [5.41, 5.74) is 1.03. The summed E-state index contributed by atoms with van der Waals surface area (Å²) in [6.45, 7) is 0. The van der Waals surface area contributed by atoms with E-state index in [0.29, 0.717) is 5.82 Å². The standard InChI is InChI=1S/C12H17N3O/c1-15(2)10-6-7-11(13-8-10)14-12(16)9-4-3-5-9/h6-9H,3-5H2,1-2H3,(H,13,14,16). The number of amides is 1. The van der Waals surface area contributed by atoms with Crippen LogP contribution in [0.25, 0.3) is 0 Å². The van der Waals surface area contributed by atoms with Crippen molar-refractivity contribution < 1.29 is 4.79 Å². The van der Waals surface area contributed by atoms with Crippen LogP contribution in [0, 0.1) is 5.92 Å². The largest absolute Gasteiger partial charge is 0.376 e. The van der Waals surface area contributed by atoms with E-state index in [1.807, 2.05) is 31.1 Å². The van der Waals surface area contributed by atoms with Crippen molar-refractivity contribution in [3.8, 4) is 0 Å². The van der Waals surface area contributed by atoms with Crippen LogP contribution in [0.5, 0.6) is 0 Å². The molecule has 1 fully saturated rings. The molecule has 1 aromatic rings. The number of aromatic nitrogens is 1. The molecule has 16 heavy (non-hydrogen) atoms. The number of carbonyl (C=O) groups is 1. The Bertz CT molecular complexity index is 368. The summed E-state index contributed by atoms with van der Waals surface area (Å²) in [6, 6.07) is 3.79. The zero-order chi connectivity index (χ0) is 11.5. The number of carbonyl (C=O) groups excluding carboxylic acids is 1. The van der Waals surface area contributed by atoms with Crippen LogP contribution < -0.4 is 10.2 Å². The number of rotatable bonds is 3. The van der Waals surface area contributed by atoms with Gasteiger partial charge in [-0.05, 0) is 25.0 Å². The summed E-state index contributed by atoms with van der Waals surface area (Å²) in [7, 11) is 3.92. The molecule has 86 valence electrons. The molecule has 0 radical (unpaired) electrons. The van der Waals surface area contributed by atoms with Crippen LogP contribution in [-0.4, -0.2) is 25.0 Å². The average Bonchev–Trinajstić information content (AvgIpc) is 2.15. The molecule has 1 N–H and O–H groups in total. The fourth-order valence-corrected chi connectivity index (χ4v) is 1.62. The smallest absolute Gasteiger partial charge is 0.228 e. The summed E-state index contributed by atoms with van der Waals surface area (Å²) in [5.74, 6) is 0.953. The topological polar surface area (TPSA) is 45.2 Å². The maximum Gasteiger partial charge on any atom is 0.228 e. The van der Waals surface area contributed by atoms with Crippen molar-refractivity contribution in [2.24, 2.45) is 5.92 Å². The molecular formula is C12H17N3O. The first kappa shape index (κ1) is 10.9. The predicted molar refractivity (Wildman–Crippen MR) is 64.5 cm³/mol. The molecule has 0 bridgehead atoms. The lowest BCUT2D eigenvalue weighted by Crippen LogP contribution is -2.28. The first-order valence-corrected chi connectivity index (χ1v) is 5.61. The molecule has 1 amide bonds. The molecule has 0 spiro atoms. The highest BCUT2D eigenvalue weighted by molar-refractivity contribution is 5.92. The number of nitrogens with zero attached hydrogens (tertiary/aromatic N) is 2. The Morgan fingerprint density at radius 3 is 2.62 bits per heavy atom. The van der Waals surface area contributed by atoms with Crippen molar-refractivity contribution in [3.63, 3.8) is 0 Å². The minimum absolute atomic E-state index is 0.108. The summed E-state index contributed by atoms with van der Waals surface area (Å²) in [4.78, 5) is 17.8. The number of anilines is 2. The van der Waals surface area contributed by atoms with Crippen LogP contribution in [0.4, 0.5) is 11.5 Å². The second-order valence-electron chi connectivity index (χ2n) is 4.41. The molecule has 1 aromatic heterocycles. The van der Waals surface area contributed by atoms with E-state index < -0.39 is 0 Å². The van der Waals surface area contributed by atoms with Crippen LogP contribution >= 0.6 is 0 Å². The molecule has 1 aliphatic rings. The second-order valence-corrected chi connectivity index (χ2v) is 4.41. The van der Waals surface area contributed by atoms with Gasteiger partial charge in [-0.3, -0.25) is 4.79 Å². The Balaban J connectivity index is 1.96. The van der Waals surface area contributed by atoms with E-state index >= 15 is 0 Å². The van der Waals surface area contributed by atoms with Gasteiger partial charge in [-0.25, -0.2) is 4.98 Å². The fourth-order valence-electron chi connectivity index (χ4n) is 1.62. The normalized spacial score (nSPS) is 15.4. The van der Waals surface area contributed by atoms with Crippen molar-refractivity contribution in [3.05, 3.63) is 18.3 Å². The molecule has 4 heteroatoms. The molecule has 0 aromatic carbocycles. The predicted octanol–water partition coefficient (Wildman–Crippen LogP) is 1.89. The highest BCUT2D eigenvalue weighted by Gasteiger charge is 2.25. The van der Waals surface area contributed by atoms with E-state index in [2.05, 4.69) is 10.3 Å². The molecule has 0 unspecified atom stereocenters. The fraction of sp³-hybridized carbons (Fsp3) is 0.500. The van der Waals surface area contributed by atoms with E-state index in [9.17, 15) is 4.79 Å². The van der Waals surface area contributed by atoms with E-state index in [-0.39, 0.29) is 11.8 Å². The van der Waals surface area contributed by atoms with Gasteiger partial charge in [0.25, 0.3) is 0 Å². The Hall–Kier alpha value is -1.58. The molecule has 2 rings (SSSR count). The van der Waals surface area contributed by atoms with Crippen LogP contribution in [0.3, 0.4) is 0 Å². The summed E-state index contributed by atoms with van der Waals surface area (Å²) in [6.07, 6.45) is 4.96. The van der Waals surface area contributed by atoms with E-state index in [1.165, 1.54) is 6.42 Å². The molecule has 1 heterocycles. The van der Waals surface area contributed by atoms with Crippen molar-refractivity contribution in [2.75, 3.05) is 24.3 Å². The van der Waals surface area contributed by atoms with Crippen molar-refractivity contribution >= 4 is 17.4 Å². The summed E-state index contributed by atoms with van der Waals surface area (Å²) >= 11 is 0. The molecule has 0 aliphatic heterocycles. The quantitative estimate of drug-likeness (QED) is 0.844. The zero-order valence-corrected chi connectivity index (χ0v) is 9.73. The lowest BCUT2D eigenvalue weighted by atomic mass is 9.85. The molecule has 0 atom stereocenters. The van der Waals surface area contributed by atoms with Gasteiger partial charge in [0.05, 0.1) is 11.9 Å². The third-order valence-corrected chi connectivity index (χ3v) is 2.99. The van der Waals surface area contributed by atoms with E-state index in [0.717, 1.165) is 18.5 Å². The highest BCUT2D eigenvalue weighted by Crippen LogP contribution is 2.27. The van der Waals surface area contributed by atoms with E-state index in [1.54, 1.807) is 6.20 Å². The van der Waals surface area contributed by atoms with Gasteiger partial charge < -0.3 is 10.2 Å². The Labute approximate surface area is 95.7 Å². The molecule has 1 aliphatic carbocycles. The molecule has 4 nitrogen and oxygen atoms in total. The van der Waals surface area contributed by atoms with Gasteiger partial charge in [-0.1, -0.05) is 6.42 Å². The molecular weight excluding hydrogens is 202 g/mol. The van der Waals surface area contributed by atoms with Gasteiger partial charge >= 0.3 is 0 Å². The number of pyridine rings is 1. The lowest BCUT2D eigenvalue weighted by molar-refractivity contribution is -0.122. The third-order valence-electron chi connectivity index (χ3n) is 2.99. The summed E-state index contributed by atoms with van der Waals surface area (Å²) < 4.78 is 0. The summed E-state index contributed by atoms with van der Waals surface area (Å²) in [5, 5.41) is 2.84. The first-order chi connectivity index (χ1) is 7.66. The zero-order valence-electron chi connectivity index (χ0n) is 9.73. The average molecular weight is 219 g/mol. The van der Waals surface area contributed by atoms with Crippen LogP contribution in [0.15, 0.2) is 18.3 Å². The first-order valence-electron chi connectivity index (χ1n) is 5.61. The molecule has 1 saturated carbocycles. The van der Waals surface area contributed by atoms with Crippen molar-refractivity contribution in [1.82, 2.24) is 4.98 Å². The molecule has 0 saturated heterocycles. The van der Waals surface area contributed by atoms with Crippen LogP contribution in [-0.2, 0) is 4.79 Å². The maximum atomic E-state index is 11.7. The van der Waals surface area contributed by atoms with Gasteiger partial charge in [-0.15, -0.1) is 0 Å². The van der Waals surface area contributed by atoms with E-state index in [4.69, 9.17) is 0 Å². The monoisotopic (exact) mass is 219 g/mol. The van der Waals surface area contributed by atoms with Crippen molar-refractivity contribution in [1.29, 1.82) is 0 Å². The Kier molecular flexibility index (Phi) is 3.08. The number of nitrogens with one attached hydrogen (secondary N) is 1. The Morgan fingerprint density at radius 1 is 1.44 bits per heavy atom. The van der Waals surface area contributed by atoms with Gasteiger partial charge in [-0.2, -0.15) is 0 Å².